The molecule has 0 aliphatic carbocycles. The SMILES string of the molecule is Brc1ccc(-c2ccc(-c3ccc(-n4c5ccccc5c5ccccc54)cc3)cc2)cc1. The number of hydrogen-bond donors (Lipinski definition) is 0. The lowest BCUT2D eigenvalue weighted by atomic mass is 10.0. The van der Waals surface area contributed by atoms with Crippen molar-refractivity contribution in [2.75, 3.05) is 0 Å². The van der Waals surface area contributed by atoms with Crippen molar-refractivity contribution in [3.63, 3.8) is 0 Å². The molecule has 0 radical (unpaired) electrons. The van der Waals surface area contributed by atoms with Crippen LogP contribution < -0.4 is 0 Å². The highest BCUT2D eigenvalue weighted by Gasteiger charge is 2.11. The molecule has 0 unspecified atom stereocenters. The Morgan fingerprint density at radius 3 is 1.25 bits per heavy atom. The van der Waals surface area contributed by atoms with Crippen LogP contribution in [0.1, 0.15) is 0 Å². The van der Waals surface area contributed by atoms with E-state index >= 15 is 0 Å². The van der Waals surface area contributed by atoms with Gasteiger partial charge in [-0.2, -0.15) is 0 Å². The van der Waals surface area contributed by atoms with Crippen LogP contribution in [0.25, 0.3) is 49.7 Å². The quantitative estimate of drug-likeness (QED) is 0.241. The van der Waals surface area contributed by atoms with Crippen LogP contribution in [0.5, 0.6) is 0 Å². The van der Waals surface area contributed by atoms with Crippen LogP contribution in [-0.4, -0.2) is 4.57 Å². The third kappa shape index (κ3) is 3.24. The number of halogens is 1. The lowest BCUT2D eigenvalue weighted by Crippen LogP contribution is -1.93. The molecule has 0 saturated carbocycles. The van der Waals surface area contributed by atoms with E-state index in [1.807, 2.05) is 0 Å². The second-order valence-corrected chi connectivity index (χ2v) is 8.92. The molecule has 6 rings (SSSR count). The second-order valence-electron chi connectivity index (χ2n) is 8.00. The van der Waals surface area contributed by atoms with Crippen molar-refractivity contribution in [1.82, 2.24) is 4.57 Å². The maximum atomic E-state index is 3.50. The summed E-state index contributed by atoms with van der Waals surface area (Å²) in [7, 11) is 0. The average Bonchev–Trinajstić information content (AvgIpc) is 3.19. The van der Waals surface area contributed by atoms with Crippen molar-refractivity contribution in [3.05, 3.63) is 126 Å². The number of para-hydroxylation sites is 2. The number of benzene rings is 5. The molecule has 5 aromatic carbocycles. The molecule has 0 spiro atoms. The number of aromatic nitrogens is 1. The molecule has 0 fully saturated rings. The topological polar surface area (TPSA) is 4.93 Å². The minimum Gasteiger partial charge on any atom is -0.309 e. The van der Waals surface area contributed by atoms with Gasteiger partial charge in [0.1, 0.15) is 0 Å². The lowest BCUT2D eigenvalue weighted by Gasteiger charge is -2.10. The Morgan fingerprint density at radius 1 is 0.406 bits per heavy atom. The fourth-order valence-corrected chi connectivity index (χ4v) is 4.77. The minimum atomic E-state index is 1.10. The first-order chi connectivity index (χ1) is 15.8. The average molecular weight is 474 g/mol. The van der Waals surface area contributed by atoms with Crippen LogP contribution in [-0.2, 0) is 0 Å². The van der Waals surface area contributed by atoms with Gasteiger partial charge in [0.05, 0.1) is 11.0 Å². The molecule has 152 valence electrons. The third-order valence-corrected chi connectivity index (χ3v) is 6.63. The second kappa shape index (κ2) is 7.81. The molecule has 0 atom stereocenters. The molecule has 0 saturated heterocycles. The van der Waals surface area contributed by atoms with Gasteiger partial charge in [-0.3, -0.25) is 0 Å². The smallest absolute Gasteiger partial charge is 0.0541 e. The molecule has 1 nitrogen and oxygen atoms in total. The largest absolute Gasteiger partial charge is 0.309 e. The summed E-state index contributed by atoms with van der Waals surface area (Å²) in [6, 6.07) is 43.3. The Bertz CT molecular complexity index is 1490. The van der Waals surface area contributed by atoms with Gasteiger partial charge in [0.15, 0.2) is 0 Å². The lowest BCUT2D eigenvalue weighted by molar-refractivity contribution is 1.18. The Kier molecular flexibility index (Phi) is 4.66. The molecule has 1 aromatic heterocycles. The first-order valence-corrected chi connectivity index (χ1v) is 11.5. The highest BCUT2D eigenvalue weighted by molar-refractivity contribution is 9.10. The van der Waals surface area contributed by atoms with Gasteiger partial charge in [0, 0.05) is 20.9 Å². The van der Waals surface area contributed by atoms with Gasteiger partial charge in [0.25, 0.3) is 0 Å². The fraction of sp³-hybridized carbons (Fsp3) is 0. The summed E-state index contributed by atoms with van der Waals surface area (Å²) < 4.78 is 3.45. The standard InChI is InChI=1S/C30H20BrN/c31-25-17-13-23(14-18-25)21-9-11-22(12-10-21)24-15-19-26(20-16-24)32-29-7-3-1-5-27(29)28-6-2-4-8-30(28)32/h1-20H. The maximum absolute atomic E-state index is 3.50. The van der Waals surface area contributed by atoms with Gasteiger partial charge >= 0.3 is 0 Å². The third-order valence-electron chi connectivity index (χ3n) is 6.10. The van der Waals surface area contributed by atoms with Crippen molar-refractivity contribution in [1.29, 1.82) is 0 Å². The summed E-state index contributed by atoms with van der Waals surface area (Å²) in [6.45, 7) is 0. The highest BCUT2D eigenvalue weighted by atomic mass is 79.9. The highest BCUT2D eigenvalue weighted by Crippen LogP contribution is 2.33. The number of hydrogen-bond acceptors (Lipinski definition) is 0. The molecule has 1 heterocycles. The summed E-state index contributed by atoms with van der Waals surface area (Å²) in [6.07, 6.45) is 0. The number of rotatable bonds is 3. The molecule has 0 N–H and O–H groups in total. The zero-order valence-electron chi connectivity index (χ0n) is 17.4. The normalized spacial score (nSPS) is 11.3. The zero-order valence-corrected chi connectivity index (χ0v) is 19.0. The van der Waals surface area contributed by atoms with Crippen molar-refractivity contribution in [3.8, 4) is 27.9 Å². The molecule has 2 heteroatoms. The zero-order chi connectivity index (χ0) is 21.5. The molecule has 0 amide bonds. The van der Waals surface area contributed by atoms with Crippen LogP contribution >= 0.6 is 15.9 Å². The molecule has 6 aromatic rings. The molecule has 0 bridgehead atoms. The Hall–Kier alpha value is -3.62. The summed E-state index contributed by atoms with van der Waals surface area (Å²) in [5.41, 5.74) is 8.54. The van der Waals surface area contributed by atoms with Crippen LogP contribution in [0.4, 0.5) is 0 Å². The Balaban J connectivity index is 1.37. The van der Waals surface area contributed by atoms with Gasteiger partial charge in [0.2, 0.25) is 0 Å². The van der Waals surface area contributed by atoms with E-state index in [2.05, 4.69) is 142 Å². The predicted molar refractivity (Wildman–Crippen MR) is 139 cm³/mol. The van der Waals surface area contributed by atoms with Crippen molar-refractivity contribution >= 4 is 37.7 Å². The summed E-state index contributed by atoms with van der Waals surface area (Å²) in [5, 5.41) is 2.58. The molecular formula is C30H20BrN. The summed E-state index contributed by atoms with van der Waals surface area (Å²) in [5.74, 6) is 0. The first-order valence-electron chi connectivity index (χ1n) is 10.7. The Labute approximate surface area is 195 Å². The number of fused-ring (bicyclic) bond motifs is 3. The van der Waals surface area contributed by atoms with E-state index in [0.717, 1.165) is 4.47 Å². The summed E-state index contributed by atoms with van der Waals surface area (Å²) in [4.78, 5) is 0. The first kappa shape index (κ1) is 19.1. The Morgan fingerprint density at radius 2 is 0.781 bits per heavy atom. The van der Waals surface area contributed by atoms with Gasteiger partial charge in [-0.25, -0.2) is 0 Å². The monoisotopic (exact) mass is 473 g/mol. The van der Waals surface area contributed by atoms with E-state index in [1.54, 1.807) is 0 Å². The van der Waals surface area contributed by atoms with Crippen LogP contribution in [0.2, 0.25) is 0 Å². The van der Waals surface area contributed by atoms with E-state index < -0.39 is 0 Å². The molecule has 0 aliphatic heterocycles. The molecular weight excluding hydrogens is 454 g/mol. The van der Waals surface area contributed by atoms with Crippen LogP contribution in [0, 0.1) is 0 Å². The van der Waals surface area contributed by atoms with Crippen LogP contribution in [0.3, 0.4) is 0 Å². The van der Waals surface area contributed by atoms with Gasteiger partial charge < -0.3 is 4.57 Å². The summed E-state index contributed by atoms with van der Waals surface area (Å²) >= 11 is 3.50. The van der Waals surface area contributed by atoms with Crippen LogP contribution in [0.15, 0.2) is 126 Å². The molecule has 32 heavy (non-hydrogen) atoms. The van der Waals surface area contributed by atoms with Gasteiger partial charge in [-0.1, -0.05) is 101 Å². The maximum Gasteiger partial charge on any atom is 0.0541 e. The van der Waals surface area contributed by atoms with E-state index in [1.165, 1.54) is 49.7 Å². The number of nitrogens with zero attached hydrogens (tertiary/aromatic N) is 1. The van der Waals surface area contributed by atoms with E-state index in [9.17, 15) is 0 Å². The van der Waals surface area contributed by atoms with E-state index in [4.69, 9.17) is 0 Å². The van der Waals surface area contributed by atoms with E-state index in [0.29, 0.717) is 0 Å². The van der Waals surface area contributed by atoms with Crippen molar-refractivity contribution in [2.45, 2.75) is 0 Å². The van der Waals surface area contributed by atoms with Gasteiger partial charge in [-0.05, 0) is 58.7 Å². The van der Waals surface area contributed by atoms with Crippen molar-refractivity contribution < 1.29 is 0 Å². The van der Waals surface area contributed by atoms with Gasteiger partial charge in [-0.15, -0.1) is 0 Å². The van der Waals surface area contributed by atoms with E-state index in [-0.39, 0.29) is 0 Å². The van der Waals surface area contributed by atoms with Crippen molar-refractivity contribution in [2.24, 2.45) is 0 Å². The fourth-order valence-electron chi connectivity index (χ4n) is 4.50. The predicted octanol–water partition coefficient (Wildman–Crippen LogP) is 8.88. The minimum absolute atomic E-state index is 1.10. The molecule has 0 aliphatic rings.